The van der Waals surface area contributed by atoms with E-state index in [2.05, 4.69) is 25.3 Å². The molecule has 20 heavy (non-hydrogen) atoms. The summed E-state index contributed by atoms with van der Waals surface area (Å²) in [5, 5.41) is 0. The van der Waals surface area contributed by atoms with Crippen LogP contribution < -0.4 is 20.9 Å². The third-order valence-corrected chi connectivity index (χ3v) is 3.31. The number of hydrazine groups is 1. The van der Waals surface area contributed by atoms with Crippen molar-refractivity contribution in [2.24, 2.45) is 11.8 Å². The van der Waals surface area contributed by atoms with E-state index < -0.39 is 0 Å². The number of anilines is 2. The minimum atomic E-state index is 0.296. The average Bonchev–Trinajstić information content (AvgIpc) is 2.48. The second-order valence-corrected chi connectivity index (χ2v) is 4.70. The van der Waals surface area contributed by atoms with E-state index in [1.807, 2.05) is 6.92 Å². The lowest BCUT2D eigenvalue weighted by Gasteiger charge is -2.31. The predicted octanol–water partition coefficient (Wildman–Crippen LogP) is 0.419. The Hall–Kier alpha value is -1.67. The van der Waals surface area contributed by atoms with Gasteiger partial charge in [0.1, 0.15) is 0 Å². The molecule has 0 amide bonds. The SMILES string of the molecule is CCOc1nc(NN)nc(N2CCC(COC)CC2)n1. The molecule has 1 saturated heterocycles. The molecule has 2 heterocycles. The minimum Gasteiger partial charge on any atom is -0.464 e. The first-order valence-corrected chi connectivity index (χ1v) is 6.86. The van der Waals surface area contributed by atoms with Gasteiger partial charge in [-0.1, -0.05) is 0 Å². The van der Waals surface area contributed by atoms with Gasteiger partial charge in [0, 0.05) is 26.8 Å². The summed E-state index contributed by atoms with van der Waals surface area (Å²) < 4.78 is 10.5. The van der Waals surface area contributed by atoms with E-state index >= 15 is 0 Å². The fourth-order valence-electron chi connectivity index (χ4n) is 2.28. The molecular weight excluding hydrogens is 260 g/mol. The van der Waals surface area contributed by atoms with E-state index in [1.165, 1.54) is 0 Å². The Morgan fingerprint density at radius 2 is 2.05 bits per heavy atom. The maximum atomic E-state index is 5.38. The molecule has 2 rings (SSSR count). The molecule has 0 spiro atoms. The lowest BCUT2D eigenvalue weighted by atomic mass is 9.98. The van der Waals surface area contributed by atoms with Crippen molar-refractivity contribution in [1.82, 2.24) is 15.0 Å². The van der Waals surface area contributed by atoms with Crippen LogP contribution in [-0.2, 0) is 4.74 Å². The summed E-state index contributed by atoms with van der Waals surface area (Å²) in [5.41, 5.74) is 2.45. The number of nitrogens with zero attached hydrogens (tertiary/aromatic N) is 4. The zero-order valence-corrected chi connectivity index (χ0v) is 12.0. The summed E-state index contributed by atoms with van der Waals surface area (Å²) in [6.45, 7) is 4.99. The summed E-state index contributed by atoms with van der Waals surface area (Å²) in [6.07, 6.45) is 2.13. The van der Waals surface area contributed by atoms with Crippen LogP contribution in [0.1, 0.15) is 19.8 Å². The molecule has 112 valence electrons. The maximum absolute atomic E-state index is 5.38. The van der Waals surface area contributed by atoms with Crippen molar-refractivity contribution < 1.29 is 9.47 Å². The van der Waals surface area contributed by atoms with Crippen LogP contribution in [0.4, 0.5) is 11.9 Å². The normalized spacial score (nSPS) is 16.2. The van der Waals surface area contributed by atoms with Crippen LogP contribution in [0.3, 0.4) is 0 Å². The fourth-order valence-corrected chi connectivity index (χ4v) is 2.28. The van der Waals surface area contributed by atoms with E-state index in [9.17, 15) is 0 Å². The van der Waals surface area contributed by atoms with E-state index in [0.717, 1.165) is 32.5 Å². The van der Waals surface area contributed by atoms with Crippen molar-refractivity contribution >= 4 is 11.9 Å². The Bertz CT molecular complexity index is 422. The van der Waals surface area contributed by atoms with Crippen molar-refractivity contribution in [3.63, 3.8) is 0 Å². The van der Waals surface area contributed by atoms with Gasteiger partial charge in [0.2, 0.25) is 11.9 Å². The number of rotatable bonds is 6. The molecule has 0 unspecified atom stereocenters. The van der Waals surface area contributed by atoms with Gasteiger partial charge in [-0.3, -0.25) is 5.43 Å². The molecular formula is C12H22N6O2. The summed E-state index contributed by atoms with van der Waals surface area (Å²) in [5.74, 6) is 6.91. The highest BCUT2D eigenvalue weighted by atomic mass is 16.5. The van der Waals surface area contributed by atoms with Crippen molar-refractivity contribution in [1.29, 1.82) is 0 Å². The van der Waals surface area contributed by atoms with Gasteiger partial charge in [0.15, 0.2) is 0 Å². The van der Waals surface area contributed by atoms with Crippen molar-refractivity contribution in [2.45, 2.75) is 19.8 Å². The van der Waals surface area contributed by atoms with E-state index in [4.69, 9.17) is 15.3 Å². The summed E-state index contributed by atoms with van der Waals surface area (Å²) in [4.78, 5) is 14.8. The zero-order valence-electron chi connectivity index (χ0n) is 12.0. The molecule has 8 nitrogen and oxygen atoms in total. The van der Waals surface area contributed by atoms with E-state index in [-0.39, 0.29) is 0 Å². The first-order valence-electron chi connectivity index (χ1n) is 6.86. The molecule has 3 N–H and O–H groups in total. The van der Waals surface area contributed by atoms with Gasteiger partial charge in [0.05, 0.1) is 6.61 Å². The largest absolute Gasteiger partial charge is 0.464 e. The third kappa shape index (κ3) is 3.67. The highest BCUT2D eigenvalue weighted by molar-refractivity contribution is 5.38. The summed E-state index contributed by atoms with van der Waals surface area (Å²) in [7, 11) is 1.74. The number of hydrogen-bond acceptors (Lipinski definition) is 8. The Labute approximate surface area is 118 Å². The van der Waals surface area contributed by atoms with Crippen LogP contribution in [0.15, 0.2) is 0 Å². The molecule has 0 aliphatic carbocycles. The molecule has 0 atom stereocenters. The number of nitrogens with one attached hydrogen (secondary N) is 1. The molecule has 1 aliphatic rings. The van der Waals surface area contributed by atoms with Crippen molar-refractivity contribution in [3.8, 4) is 6.01 Å². The van der Waals surface area contributed by atoms with Gasteiger partial charge in [-0.2, -0.15) is 15.0 Å². The first-order chi connectivity index (χ1) is 9.76. The van der Waals surface area contributed by atoms with Crippen LogP contribution in [0.2, 0.25) is 0 Å². The molecule has 1 aromatic heterocycles. The second-order valence-electron chi connectivity index (χ2n) is 4.70. The lowest BCUT2D eigenvalue weighted by Crippen LogP contribution is -2.36. The van der Waals surface area contributed by atoms with Gasteiger partial charge < -0.3 is 14.4 Å². The number of aromatic nitrogens is 3. The Balaban J connectivity index is 2.06. The molecule has 0 saturated carbocycles. The molecule has 8 heteroatoms. The highest BCUT2D eigenvalue weighted by Gasteiger charge is 2.22. The number of nitrogen functional groups attached to an aromatic ring is 1. The standard InChI is InChI=1S/C12H22N6O2/c1-3-20-12-15-10(17-13)14-11(16-12)18-6-4-9(5-7-18)8-19-2/h9H,3-8,13H2,1-2H3,(H,14,15,16,17). The average molecular weight is 282 g/mol. The van der Waals surface area contributed by atoms with Crippen LogP contribution >= 0.6 is 0 Å². The van der Waals surface area contributed by atoms with Gasteiger partial charge >= 0.3 is 6.01 Å². The first kappa shape index (κ1) is 14.7. The zero-order chi connectivity index (χ0) is 14.4. The molecule has 1 aliphatic heterocycles. The fraction of sp³-hybridized carbons (Fsp3) is 0.750. The predicted molar refractivity (Wildman–Crippen MR) is 75.6 cm³/mol. The van der Waals surface area contributed by atoms with E-state index in [0.29, 0.717) is 30.4 Å². The summed E-state index contributed by atoms with van der Waals surface area (Å²) >= 11 is 0. The summed E-state index contributed by atoms with van der Waals surface area (Å²) in [6, 6.07) is 0.296. The maximum Gasteiger partial charge on any atom is 0.323 e. The monoisotopic (exact) mass is 282 g/mol. The van der Waals surface area contributed by atoms with Gasteiger partial charge in [0.25, 0.3) is 0 Å². The highest BCUT2D eigenvalue weighted by Crippen LogP contribution is 2.22. The lowest BCUT2D eigenvalue weighted by molar-refractivity contribution is 0.139. The van der Waals surface area contributed by atoms with Gasteiger partial charge in [-0.15, -0.1) is 0 Å². The molecule has 0 aromatic carbocycles. The van der Waals surface area contributed by atoms with Gasteiger partial charge in [-0.05, 0) is 25.7 Å². The van der Waals surface area contributed by atoms with E-state index in [1.54, 1.807) is 7.11 Å². The van der Waals surface area contributed by atoms with Crippen LogP contribution in [0.5, 0.6) is 6.01 Å². The minimum absolute atomic E-state index is 0.296. The van der Waals surface area contributed by atoms with Crippen molar-refractivity contribution in [3.05, 3.63) is 0 Å². The molecule has 1 aromatic rings. The number of piperidine rings is 1. The molecule has 1 fully saturated rings. The molecule has 0 bridgehead atoms. The third-order valence-electron chi connectivity index (χ3n) is 3.31. The Morgan fingerprint density at radius 1 is 1.30 bits per heavy atom. The Kier molecular flexibility index (Phi) is 5.31. The van der Waals surface area contributed by atoms with Crippen LogP contribution in [0.25, 0.3) is 0 Å². The number of methoxy groups -OCH3 is 1. The van der Waals surface area contributed by atoms with Crippen molar-refractivity contribution in [2.75, 3.05) is 43.7 Å². The molecule has 0 radical (unpaired) electrons. The van der Waals surface area contributed by atoms with Crippen LogP contribution in [-0.4, -0.2) is 48.4 Å². The number of hydrogen-bond donors (Lipinski definition) is 2. The Morgan fingerprint density at radius 3 is 2.65 bits per heavy atom. The topological polar surface area (TPSA) is 98.4 Å². The quantitative estimate of drug-likeness (QED) is 0.572. The van der Waals surface area contributed by atoms with Gasteiger partial charge in [-0.25, -0.2) is 5.84 Å². The smallest absolute Gasteiger partial charge is 0.323 e. The second kappa shape index (κ2) is 7.20. The van der Waals surface area contributed by atoms with Crippen LogP contribution in [0, 0.1) is 5.92 Å². The number of nitrogens with two attached hydrogens (primary N) is 1. The number of ether oxygens (including phenoxy) is 2.